The third-order valence-corrected chi connectivity index (χ3v) is 2.33. The van der Waals surface area contributed by atoms with E-state index in [1.54, 1.807) is 0 Å². The van der Waals surface area contributed by atoms with E-state index in [4.69, 9.17) is 15.3 Å². The predicted molar refractivity (Wildman–Crippen MR) is 59.1 cm³/mol. The molecule has 3 N–H and O–H groups in total. The fourth-order valence-electron chi connectivity index (χ4n) is 0.485. The van der Waals surface area contributed by atoms with Crippen LogP contribution in [0.5, 0.6) is 0 Å². The van der Waals surface area contributed by atoms with Crippen LogP contribution >= 0.6 is 0 Å². The van der Waals surface area contributed by atoms with E-state index in [-0.39, 0.29) is 19.8 Å². The minimum Gasteiger partial charge on any atom is -0.396 e. The van der Waals surface area contributed by atoms with Crippen molar-refractivity contribution in [2.45, 2.75) is 34.1 Å². The first-order valence-corrected chi connectivity index (χ1v) is 4.94. The third kappa shape index (κ3) is 7.06. The minimum atomic E-state index is -0.667. The Hall–Kier alpha value is -0.380. The molecule has 0 spiro atoms. The fourth-order valence-corrected chi connectivity index (χ4v) is 0.485. The second kappa shape index (κ2) is 9.19. The molecule has 0 aliphatic carbocycles. The number of aliphatic hydroxyl groups excluding tert-OH is 3. The Morgan fingerprint density at radius 2 is 1.36 bits per heavy atom. The zero-order valence-electron chi connectivity index (χ0n) is 9.75. The zero-order valence-corrected chi connectivity index (χ0v) is 9.75. The van der Waals surface area contributed by atoms with Crippen LogP contribution in [0.25, 0.3) is 0 Å². The van der Waals surface area contributed by atoms with Gasteiger partial charge in [0.2, 0.25) is 0 Å². The molecule has 0 aliphatic rings. The molecule has 0 aromatic heterocycles. The average Bonchev–Trinajstić information content (AvgIpc) is 2.23. The summed E-state index contributed by atoms with van der Waals surface area (Å²) in [5, 5.41) is 26.0. The van der Waals surface area contributed by atoms with Gasteiger partial charge in [-0.25, -0.2) is 0 Å². The van der Waals surface area contributed by atoms with Crippen molar-refractivity contribution < 1.29 is 15.3 Å². The van der Waals surface area contributed by atoms with Gasteiger partial charge in [0.05, 0.1) is 19.8 Å². The molecule has 0 heterocycles. The van der Waals surface area contributed by atoms with Crippen molar-refractivity contribution in [1.82, 2.24) is 0 Å². The molecule has 0 fully saturated rings. The van der Waals surface area contributed by atoms with Gasteiger partial charge in [0.25, 0.3) is 0 Å². The molecule has 86 valence electrons. The van der Waals surface area contributed by atoms with E-state index >= 15 is 0 Å². The number of aliphatic hydroxyl groups is 3. The summed E-state index contributed by atoms with van der Waals surface area (Å²) in [6.07, 6.45) is 2.68. The van der Waals surface area contributed by atoms with Gasteiger partial charge in [-0.2, -0.15) is 0 Å². The minimum absolute atomic E-state index is 0.156. The summed E-state index contributed by atoms with van der Waals surface area (Å²) in [4.78, 5) is 0. The zero-order chi connectivity index (χ0) is 11.6. The maximum absolute atomic E-state index is 8.66. The fraction of sp³-hybridized carbons (Fsp3) is 0.818. The molecule has 3 nitrogen and oxygen atoms in total. The van der Waals surface area contributed by atoms with E-state index in [1.807, 2.05) is 13.8 Å². The van der Waals surface area contributed by atoms with Crippen LogP contribution < -0.4 is 0 Å². The van der Waals surface area contributed by atoms with Crippen LogP contribution in [0, 0.1) is 5.41 Å². The first-order valence-electron chi connectivity index (χ1n) is 4.94. The Kier molecular flexibility index (Phi) is 10.5. The maximum Gasteiger partial charge on any atom is 0.0531 e. The lowest BCUT2D eigenvalue weighted by molar-refractivity contribution is 0.00304. The van der Waals surface area contributed by atoms with Gasteiger partial charge >= 0.3 is 0 Å². The molecule has 0 unspecified atom stereocenters. The highest BCUT2D eigenvalue weighted by atomic mass is 16.3. The highest BCUT2D eigenvalue weighted by Crippen LogP contribution is 2.18. The highest BCUT2D eigenvalue weighted by molar-refractivity contribution is 4.88. The molecule has 0 atom stereocenters. The average molecular weight is 204 g/mol. The molecule has 0 aromatic carbocycles. The quantitative estimate of drug-likeness (QED) is 0.605. The van der Waals surface area contributed by atoms with Crippen molar-refractivity contribution in [3.05, 3.63) is 11.6 Å². The van der Waals surface area contributed by atoms with Crippen molar-refractivity contribution in [2.75, 3.05) is 19.8 Å². The van der Waals surface area contributed by atoms with Gasteiger partial charge < -0.3 is 15.3 Å². The third-order valence-electron chi connectivity index (χ3n) is 2.33. The first-order chi connectivity index (χ1) is 6.51. The number of allylic oxidation sites excluding steroid dienone is 2. The number of hydrogen-bond donors (Lipinski definition) is 3. The molecule has 3 heteroatoms. The van der Waals surface area contributed by atoms with E-state index in [2.05, 4.69) is 19.9 Å². The lowest BCUT2D eigenvalue weighted by Crippen LogP contribution is -2.32. The summed E-state index contributed by atoms with van der Waals surface area (Å²) in [6, 6.07) is 0. The van der Waals surface area contributed by atoms with Crippen molar-refractivity contribution in [2.24, 2.45) is 5.41 Å². The Morgan fingerprint density at radius 3 is 1.36 bits per heavy atom. The summed E-state index contributed by atoms with van der Waals surface area (Å²) < 4.78 is 0. The molecule has 0 saturated carbocycles. The monoisotopic (exact) mass is 204 g/mol. The first kappa shape index (κ1) is 16.1. The van der Waals surface area contributed by atoms with E-state index < -0.39 is 5.41 Å². The van der Waals surface area contributed by atoms with E-state index in [1.165, 1.54) is 5.57 Å². The van der Waals surface area contributed by atoms with Crippen LogP contribution in [0.4, 0.5) is 0 Å². The van der Waals surface area contributed by atoms with Crippen molar-refractivity contribution in [3.63, 3.8) is 0 Å². The maximum atomic E-state index is 8.66. The second-order valence-electron chi connectivity index (χ2n) is 3.69. The molecule has 0 bridgehead atoms. The van der Waals surface area contributed by atoms with Gasteiger partial charge in [-0.1, -0.05) is 18.6 Å². The number of hydrogen-bond acceptors (Lipinski definition) is 3. The molecule has 0 rings (SSSR count). The van der Waals surface area contributed by atoms with Crippen molar-refractivity contribution in [3.8, 4) is 0 Å². The molecular formula is C11H24O3. The van der Waals surface area contributed by atoms with Gasteiger partial charge in [0.15, 0.2) is 0 Å². The summed E-state index contributed by atoms with van der Waals surface area (Å²) >= 11 is 0. The van der Waals surface area contributed by atoms with Gasteiger partial charge in [0.1, 0.15) is 0 Å². The lowest BCUT2D eigenvalue weighted by Gasteiger charge is -2.24. The Bertz CT molecular complexity index is 127. The van der Waals surface area contributed by atoms with Crippen LogP contribution in [0.2, 0.25) is 0 Å². The van der Waals surface area contributed by atoms with Crippen LogP contribution in [0.15, 0.2) is 11.6 Å². The van der Waals surface area contributed by atoms with Gasteiger partial charge in [0, 0.05) is 5.41 Å². The van der Waals surface area contributed by atoms with E-state index in [9.17, 15) is 0 Å². The van der Waals surface area contributed by atoms with E-state index in [0.29, 0.717) is 6.42 Å². The molecule has 0 aromatic rings. The number of rotatable bonds is 4. The molecule has 0 amide bonds. The smallest absolute Gasteiger partial charge is 0.0531 e. The predicted octanol–water partition coefficient (Wildman–Crippen LogP) is 1.33. The largest absolute Gasteiger partial charge is 0.396 e. The van der Waals surface area contributed by atoms with Crippen molar-refractivity contribution in [1.29, 1.82) is 0 Å². The summed E-state index contributed by atoms with van der Waals surface area (Å²) in [5.74, 6) is 0. The van der Waals surface area contributed by atoms with Crippen LogP contribution in [-0.2, 0) is 0 Å². The highest BCUT2D eigenvalue weighted by Gasteiger charge is 2.24. The SMILES string of the molecule is CC=C(C)C.CCC(CO)(CO)CO. The van der Waals surface area contributed by atoms with Gasteiger partial charge in [-0.15, -0.1) is 0 Å². The second-order valence-corrected chi connectivity index (χ2v) is 3.69. The summed E-state index contributed by atoms with van der Waals surface area (Å²) in [7, 11) is 0. The molecular weight excluding hydrogens is 180 g/mol. The van der Waals surface area contributed by atoms with Gasteiger partial charge in [-0.3, -0.25) is 0 Å². The molecule has 0 radical (unpaired) electrons. The summed E-state index contributed by atoms with van der Waals surface area (Å²) in [5.41, 5.74) is 0.713. The molecule has 0 aliphatic heterocycles. The lowest BCUT2D eigenvalue weighted by atomic mass is 9.88. The van der Waals surface area contributed by atoms with Crippen LogP contribution in [0.1, 0.15) is 34.1 Å². The van der Waals surface area contributed by atoms with Gasteiger partial charge in [-0.05, 0) is 27.2 Å². The molecule has 0 saturated heterocycles. The van der Waals surface area contributed by atoms with Crippen LogP contribution in [-0.4, -0.2) is 35.1 Å². The Balaban J connectivity index is 0. The Labute approximate surface area is 87.1 Å². The van der Waals surface area contributed by atoms with Crippen molar-refractivity contribution >= 4 is 0 Å². The standard InChI is InChI=1S/C6H14O3.C5H10/c1-2-6(3-7,4-8)5-9;1-4-5(2)3/h7-9H,2-5H2,1H3;4H,1-3H3. The molecule has 14 heavy (non-hydrogen) atoms. The Morgan fingerprint density at radius 1 is 1.07 bits per heavy atom. The normalized spacial score (nSPS) is 10.2. The topological polar surface area (TPSA) is 60.7 Å². The van der Waals surface area contributed by atoms with Crippen LogP contribution in [0.3, 0.4) is 0 Å². The van der Waals surface area contributed by atoms with E-state index in [0.717, 1.165) is 0 Å². The summed E-state index contributed by atoms with van der Waals surface area (Å²) in [6.45, 7) is 7.56.